The molecule has 2 heterocycles. The number of halogens is 1. The molecule has 32 heavy (non-hydrogen) atoms. The van der Waals surface area contributed by atoms with Gasteiger partial charge in [0.15, 0.2) is 0 Å². The Balaban J connectivity index is 1.52. The summed E-state index contributed by atoms with van der Waals surface area (Å²) in [5.74, 6) is -0.322. The Morgan fingerprint density at radius 3 is 2.47 bits per heavy atom. The van der Waals surface area contributed by atoms with Crippen LogP contribution in [0.2, 0.25) is 5.02 Å². The average molecular weight is 478 g/mol. The number of benzene rings is 2. The number of ether oxygens (including phenoxy) is 1. The molecule has 0 saturated carbocycles. The molecule has 2 aromatic rings. The van der Waals surface area contributed by atoms with E-state index in [9.17, 15) is 13.2 Å². The molecule has 0 aliphatic carbocycles. The Morgan fingerprint density at radius 2 is 1.78 bits per heavy atom. The van der Waals surface area contributed by atoms with Crippen LogP contribution in [0.1, 0.15) is 36.5 Å². The lowest BCUT2D eigenvalue weighted by atomic mass is 10.1. The molecular formula is C23H28ClN3O4S. The van der Waals surface area contributed by atoms with Gasteiger partial charge in [-0.15, -0.1) is 0 Å². The first kappa shape index (κ1) is 23.0. The molecule has 1 unspecified atom stereocenters. The number of piperidine rings is 1. The van der Waals surface area contributed by atoms with Gasteiger partial charge >= 0.3 is 0 Å². The third-order valence-corrected chi connectivity index (χ3v) is 8.36. The number of carbonyl (C=O) groups is 1. The molecule has 2 aliphatic heterocycles. The number of para-hydroxylation sites is 1. The van der Waals surface area contributed by atoms with Crippen LogP contribution >= 0.6 is 11.6 Å². The maximum absolute atomic E-state index is 13.0. The number of anilines is 2. The molecule has 2 fully saturated rings. The fourth-order valence-corrected chi connectivity index (χ4v) is 6.26. The minimum Gasteiger partial charge on any atom is -0.378 e. The zero-order valence-electron chi connectivity index (χ0n) is 18.1. The maximum atomic E-state index is 13.0. The molecule has 0 bridgehead atoms. The topological polar surface area (TPSA) is 79.0 Å². The van der Waals surface area contributed by atoms with E-state index in [1.807, 2.05) is 13.0 Å². The highest BCUT2D eigenvalue weighted by Gasteiger charge is 2.31. The van der Waals surface area contributed by atoms with Crippen LogP contribution in [0.15, 0.2) is 47.4 Å². The average Bonchev–Trinajstić information content (AvgIpc) is 2.80. The summed E-state index contributed by atoms with van der Waals surface area (Å²) < 4.78 is 33.0. The Labute approximate surface area is 194 Å². The Morgan fingerprint density at radius 1 is 1.06 bits per heavy atom. The molecule has 172 valence electrons. The van der Waals surface area contributed by atoms with Crippen molar-refractivity contribution in [2.45, 2.75) is 37.1 Å². The van der Waals surface area contributed by atoms with E-state index < -0.39 is 10.0 Å². The monoisotopic (exact) mass is 477 g/mol. The van der Waals surface area contributed by atoms with E-state index in [0.29, 0.717) is 49.1 Å². The van der Waals surface area contributed by atoms with E-state index in [1.54, 1.807) is 28.6 Å². The molecular weight excluding hydrogens is 450 g/mol. The number of nitrogens with zero attached hydrogens (tertiary/aromatic N) is 2. The maximum Gasteiger partial charge on any atom is 0.255 e. The molecule has 0 aromatic heterocycles. The van der Waals surface area contributed by atoms with Gasteiger partial charge in [-0.2, -0.15) is 4.31 Å². The van der Waals surface area contributed by atoms with E-state index in [2.05, 4.69) is 10.2 Å². The summed E-state index contributed by atoms with van der Waals surface area (Å²) in [6.45, 7) is 5.05. The molecule has 1 N–H and O–H groups in total. The predicted molar refractivity (Wildman–Crippen MR) is 126 cm³/mol. The van der Waals surface area contributed by atoms with Gasteiger partial charge in [0.2, 0.25) is 10.0 Å². The summed E-state index contributed by atoms with van der Waals surface area (Å²) in [4.78, 5) is 15.2. The molecule has 9 heteroatoms. The Kier molecular flexibility index (Phi) is 7.05. The van der Waals surface area contributed by atoms with Gasteiger partial charge in [0.25, 0.3) is 5.91 Å². The first-order valence-corrected chi connectivity index (χ1v) is 12.7. The van der Waals surface area contributed by atoms with Gasteiger partial charge in [0.05, 0.1) is 34.5 Å². The largest absolute Gasteiger partial charge is 0.378 e. The minimum absolute atomic E-state index is 0.0156. The molecule has 0 radical (unpaired) electrons. The van der Waals surface area contributed by atoms with Crippen LogP contribution < -0.4 is 10.2 Å². The SMILES string of the molecule is CC1CCCCN1S(=O)(=O)c1ccc(C(=O)Nc2cccc(Cl)c2N2CCOCC2)cc1. The van der Waals surface area contributed by atoms with Gasteiger partial charge in [-0.1, -0.05) is 24.1 Å². The van der Waals surface area contributed by atoms with E-state index in [4.69, 9.17) is 16.3 Å². The highest BCUT2D eigenvalue weighted by atomic mass is 35.5. The molecule has 1 amide bonds. The van der Waals surface area contributed by atoms with Crippen LogP contribution in [0, 0.1) is 0 Å². The Bertz CT molecular complexity index is 1070. The van der Waals surface area contributed by atoms with Crippen molar-refractivity contribution < 1.29 is 17.9 Å². The number of nitrogens with one attached hydrogen (secondary N) is 1. The van der Waals surface area contributed by atoms with Gasteiger partial charge in [0.1, 0.15) is 0 Å². The van der Waals surface area contributed by atoms with E-state index in [0.717, 1.165) is 24.9 Å². The van der Waals surface area contributed by atoms with Crippen molar-refractivity contribution in [3.05, 3.63) is 53.1 Å². The van der Waals surface area contributed by atoms with Crippen LogP contribution in [-0.4, -0.2) is 57.5 Å². The molecule has 2 aromatic carbocycles. The zero-order valence-corrected chi connectivity index (χ0v) is 19.7. The lowest BCUT2D eigenvalue weighted by molar-refractivity contribution is 0.102. The van der Waals surface area contributed by atoms with Crippen molar-refractivity contribution >= 4 is 38.9 Å². The Hall–Kier alpha value is -2.13. The number of sulfonamides is 1. The zero-order chi connectivity index (χ0) is 22.7. The van der Waals surface area contributed by atoms with Gasteiger partial charge in [0, 0.05) is 31.2 Å². The second-order valence-electron chi connectivity index (χ2n) is 8.17. The summed E-state index contributed by atoms with van der Waals surface area (Å²) in [7, 11) is -3.57. The van der Waals surface area contributed by atoms with Crippen molar-refractivity contribution in [2.24, 2.45) is 0 Å². The van der Waals surface area contributed by atoms with Crippen molar-refractivity contribution in [2.75, 3.05) is 43.1 Å². The predicted octanol–water partition coefficient (Wildman–Crippen LogP) is 3.99. The number of morpholine rings is 1. The summed E-state index contributed by atoms with van der Waals surface area (Å²) in [5, 5.41) is 3.49. The van der Waals surface area contributed by atoms with Crippen LogP contribution in [0.5, 0.6) is 0 Å². The highest BCUT2D eigenvalue weighted by molar-refractivity contribution is 7.89. The number of amides is 1. The van der Waals surface area contributed by atoms with Crippen molar-refractivity contribution in [3.8, 4) is 0 Å². The molecule has 0 spiro atoms. The molecule has 4 rings (SSSR count). The standard InChI is InChI=1S/C23H28ClN3O4S/c1-17-5-2-3-12-27(17)32(29,30)19-10-8-18(9-11-19)23(28)25-21-7-4-6-20(24)22(21)26-13-15-31-16-14-26/h4,6-11,17H,2-3,5,12-16H2,1H3,(H,25,28). The van der Waals surface area contributed by atoms with Crippen LogP contribution in [0.25, 0.3) is 0 Å². The fraction of sp³-hybridized carbons (Fsp3) is 0.435. The van der Waals surface area contributed by atoms with Crippen LogP contribution in [0.4, 0.5) is 11.4 Å². The van der Waals surface area contributed by atoms with Crippen LogP contribution in [0.3, 0.4) is 0 Å². The normalized spacial score (nSPS) is 20.2. The second kappa shape index (κ2) is 9.79. The number of carbonyl (C=O) groups excluding carboxylic acids is 1. The van der Waals surface area contributed by atoms with E-state index >= 15 is 0 Å². The molecule has 1 atom stereocenters. The van der Waals surface area contributed by atoms with Gasteiger partial charge in [-0.3, -0.25) is 4.79 Å². The fourth-order valence-electron chi connectivity index (χ4n) is 4.26. The third kappa shape index (κ3) is 4.78. The second-order valence-corrected chi connectivity index (χ2v) is 10.5. The lowest BCUT2D eigenvalue weighted by Gasteiger charge is -2.32. The van der Waals surface area contributed by atoms with Gasteiger partial charge < -0.3 is 15.0 Å². The summed E-state index contributed by atoms with van der Waals surface area (Å²) in [5.41, 5.74) is 1.76. The summed E-state index contributed by atoms with van der Waals surface area (Å²) in [6, 6.07) is 11.5. The van der Waals surface area contributed by atoms with Crippen LogP contribution in [-0.2, 0) is 14.8 Å². The van der Waals surface area contributed by atoms with Crippen molar-refractivity contribution in [3.63, 3.8) is 0 Å². The molecule has 2 aliphatic rings. The van der Waals surface area contributed by atoms with Gasteiger partial charge in [-0.25, -0.2) is 8.42 Å². The quantitative estimate of drug-likeness (QED) is 0.704. The van der Waals surface area contributed by atoms with E-state index in [1.165, 1.54) is 12.1 Å². The summed E-state index contributed by atoms with van der Waals surface area (Å²) in [6.07, 6.45) is 2.78. The number of hydrogen-bond acceptors (Lipinski definition) is 5. The first-order valence-electron chi connectivity index (χ1n) is 10.9. The van der Waals surface area contributed by atoms with Crippen molar-refractivity contribution in [1.82, 2.24) is 4.31 Å². The summed E-state index contributed by atoms with van der Waals surface area (Å²) >= 11 is 6.44. The minimum atomic E-state index is -3.57. The number of hydrogen-bond donors (Lipinski definition) is 1. The molecule has 7 nitrogen and oxygen atoms in total. The number of rotatable bonds is 5. The van der Waals surface area contributed by atoms with Gasteiger partial charge in [-0.05, 0) is 56.2 Å². The first-order chi connectivity index (χ1) is 15.4. The third-order valence-electron chi connectivity index (χ3n) is 6.03. The molecule has 2 saturated heterocycles. The van der Waals surface area contributed by atoms with Crippen molar-refractivity contribution in [1.29, 1.82) is 0 Å². The smallest absolute Gasteiger partial charge is 0.255 e. The lowest BCUT2D eigenvalue weighted by Crippen LogP contribution is -2.41. The van der Waals surface area contributed by atoms with E-state index in [-0.39, 0.29) is 16.8 Å². The highest BCUT2D eigenvalue weighted by Crippen LogP contribution is 2.35.